The molecular formula is C16H16ClNO2. The minimum absolute atomic E-state index is 0.0136. The van der Waals surface area contributed by atoms with Crippen molar-refractivity contribution in [2.75, 3.05) is 20.2 Å². The predicted molar refractivity (Wildman–Crippen MR) is 80.3 cm³/mol. The number of carbonyl (C=O) groups excluding carboxylic acids is 1. The molecule has 0 heterocycles. The molecule has 1 amide bonds. The maximum atomic E-state index is 12.1. The Labute approximate surface area is 123 Å². The summed E-state index contributed by atoms with van der Waals surface area (Å²) in [6.45, 7) is 0.940. The van der Waals surface area contributed by atoms with Gasteiger partial charge < -0.3 is 9.64 Å². The summed E-state index contributed by atoms with van der Waals surface area (Å²) in [6, 6.07) is 16.4. The first-order valence-corrected chi connectivity index (χ1v) is 6.73. The number of benzene rings is 2. The average Bonchev–Trinajstić information content (AvgIpc) is 2.47. The fourth-order valence-corrected chi connectivity index (χ4v) is 1.94. The highest BCUT2D eigenvalue weighted by Gasteiger charge is 2.10. The maximum absolute atomic E-state index is 12.1. The van der Waals surface area contributed by atoms with Crippen LogP contribution in [0.25, 0.3) is 0 Å². The number of hydrogen-bond acceptors (Lipinski definition) is 2. The minimum atomic E-state index is -0.0136. The molecule has 20 heavy (non-hydrogen) atoms. The predicted octanol–water partition coefficient (Wildman–Crippen LogP) is 3.49. The van der Waals surface area contributed by atoms with E-state index in [0.717, 1.165) is 0 Å². The number of amides is 1. The van der Waals surface area contributed by atoms with E-state index in [1.165, 1.54) is 0 Å². The fraction of sp³-hybridized carbons (Fsp3) is 0.188. The van der Waals surface area contributed by atoms with Gasteiger partial charge in [0.2, 0.25) is 0 Å². The van der Waals surface area contributed by atoms with E-state index in [0.29, 0.717) is 29.5 Å². The molecule has 0 aromatic heterocycles. The molecule has 2 aromatic carbocycles. The van der Waals surface area contributed by atoms with E-state index in [-0.39, 0.29) is 5.91 Å². The molecule has 0 fully saturated rings. The van der Waals surface area contributed by atoms with Crippen molar-refractivity contribution in [1.82, 2.24) is 4.90 Å². The van der Waals surface area contributed by atoms with E-state index in [2.05, 4.69) is 0 Å². The third-order valence-corrected chi connectivity index (χ3v) is 3.09. The van der Waals surface area contributed by atoms with E-state index < -0.39 is 0 Å². The van der Waals surface area contributed by atoms with Crippen molar-refractivity contribution in [1.29, 1.82) is 0 Å². The second-order valence-electron chi connectivity index (χ2n) is 4.40. The number of carbonyl (C=O) groups is 1. The van der Waals surface area contributed by atoms with Gasteiger partial charge in [-0.05, 0) is 30.3 Å². The monoisotopic (exact) mass is 289 g/mol. The van der Waals surface area contributed by atoms with Crippen LogP contribution >= 0.6 is 11.6 Å². The second-order valence-corrected chi connectivity index (χ2v) is 4.84. The lowest BCUT2D eigenvalue weighted by molar-refractivity contribution is 0.0774. The summed E-state index contributed by atoms with van der Waals surface area (Å²) in [5.41, 5.74) is 0.678. The fourth-order valence-electron chi connectivity index (χ4n) is 1.76. The lowest BCUT2D eigenvalue weighted by atomic mass is 10.2. The molecule has 0 bridgehead atoms. The van der Waals surface area contributed by atoms with Gasteiger partial charge in [0.25, 0.3) is 5.91 Å². The smallest absolute Gasteiger partial charge is 0.253 e. The van der Waals surface area contributed by atoms with Gasteiger partial charge >= 0.3 is 0 Å². The molecule has 0 atom stereocenters. The Kier molecular flexibility index (Phi) is 5.02. The second kappa shape index (κ2) is 6.96. The van der Waals surface area contributed by atoms with Gasteiger partial charge in [-0.1, -0.05) is 35.9 Å². The summed E-state index contributed by atoms with van der Waals surface area (Å²) in [5, 5.41) is 0.635. The summed E-state index contributed by atoms with van der Waals surface area (Å²) >= 11 is 5.87. The Hall–Kier alpha value is -2.00. The zero-order valence-corrected chi connectivity index (χ0v) is 12.0. The van der Waals surface area contributed by atoms with Crippen molar-refractivity contribution >= 4 is 17.5 Å². The summed E-state index contributed by atoms with van der Waals surface area (Å²) in [4.78, 5) is 13.7. The Morgan fingerprint density at radius 2 is 1.90 bits per heavy atom. The van der Waals surface area contributed by atoms with Gasteiger partial charge in [0.15, 0.2) is 0 Å². The molecule has 3 nitrogen and oxygen atoms in total. The first-order chi connectivity index (χ1) is 9.66. The normalized spacial score (nSPS) is 10.1. The molecule has 104 valence electrons. The first-order valence-electron chi connectivity index (χ1n) is 6.36. The SMILES string of the molecule is CN(CCOc1cccc(Cl)c1)C(=O)c1ccccc1. The van der Waals surface area contributed by atoms with E-state index in [1.807, 2.05) is 30.3 Å². The van der Waals surface area contributed by atoms with Crippen molar-refractivity contribution < 1.29 is 9.53 Å². The number of likely N-dealkylation sites (N-methyl/N-ethyl adjacent to an activating group) is 1. The molecule has 2 rings (SSSR count). The van der Waals surface area contributed by atoms with E-state index >= 15 is 0 Å². The van der Waals surface area contributed by atoms with Crippen LogP contribution in [0.5, 0.6) is 5.75 Å². The highest BCUT2D eigenvalue weighted by atomic mass is 35.5. The van der Waals surface area contributed by atoms with Gasteiger partial charge in [0.05, 0.1) is 6.54 Å². The molecule has 0 saturated carbocycles. The van der Waals surface area contributed by atoms with Crippen LogP contribution in [-0.2, 0) is 0 Å². The maximum Gasteiger partial charge on any atom is 0.253 e. The standard InChI is InChI=1S/C16H16ClNO2/c1-18(16(19)13-6-3-2-4-7-13)10-11-20-15-9-5-8-14(17)12-15/h2-9,12H,10-11H2,1H3. The molecule has 0 saturated heterocycles. The number of hydrogen-bond donors (Lipinski definition) is 0. The Morgan fingerprint density at radius 3 is 2.60 bits per heavy atom. The van der Waals surface area contributed by atoms with Crippen LogP contribution in [0.1, 0.15) is 10.4 Å². The van der Waals surface area contributed by atoms with Crippen molar-refractivity contribution in [2.45, 2.75) is 0 Å². The molecule has 0 N–H and O–H groups in total. The van der Waals surface area contributed by atoms with Crippen molar-refractivity contribution in [2.24, 2.45) is 0 Å². The molecule has 0 radical (unpaired) electrons. The molecular weight excluding hydrogens is 274 g/mol. The Balaban J connectivity index is 1.83. The van der Waals surface area contributed by atoms with Crippen LogP contribution in [0.15, 0.2) is 54.6 Å². The Morgan fingerprint density at radius 1 is 1.15 bits per heavy atom. The van der Waals surface area contributed by atoms with Gasteiger partial charge in [-0.3, -0.25) is 4.79 Å². The zero-order chi connectivity index (χ0) is 14.4. The highest BCUT2D eigenvalue weighted by Crippen LogP contribution is 2.16. The van der Waals surface area contributed by atoms with Gasteiger partial charge in [-0.2, -0.15) is 0 Å². The summed E-state index contributed by atoms with van der Waals surface area (Å²) in [6.07, 6.45) is 0. The topological polar surface area (TPSA) is 29.5 Å². The van der Waals surface area contributed by atoms with E-state index in [1.54, 1.807) is 36.2 Å². The lowest BCUT2D eigenvalue weighted by Gasteiger charge is -2.17. The first kappa shape index (κ1) is 14.4. The summed E-state index contributed by atoms with van der Waals surface area (Å²) < 4.78 is 5.57. The number of nitrogens with zero attached hydrogens (tertiary/aromatic N) is 1. The van der Waals surface area contributed by atoms with Gasteiger partial charge in [0, 0.05) is 17.6 Å². The van der Waals surface area contributed by atoms with Gasteiger partial charge in [0.1, 0.15) is 12.4 Å². The molecule has 0 aliphatic heterocycles. The Bertz CT molecular complexity index is 572. The number of ether oxygens (including phenoxy) is 1. The lowest BCUT2D eigenvalue weighted by Crippen LogP contribution is -2.30. The van der Waals surface area contributed by atoms with E-state index in [4.69, 9.17) is 16.3 Å². The minimum Gasteiger partial charge on any atom is -0.492 e. The molecule has 0 aliphatic rings. The third kappa shape index (κ3) is 4.00. The van der Waals surface area contributed by atoms with Crippen LogP contribution in [0, 0.1) is 0 Å². The highest BCUT2D eigenvalue weighted by molar-refractivity contribution is 6.30. The molecule has 4 heteroatoms. The van der Waals surface area contributed by atoms with Crippen LogP contribution in [-0.4, -0.2) is 31.0 Å². The van der Waals surface area contributed by atoms with Crippen molar-refractivity contribution in [3.05, 3.63) is 65.2 Å². The summed E-state index contributed by atoms with van der Waals surface area (Å²) in [7, 11) is 1.76. The third-order valence-electron chi connectivity index (χ3n) is 2.86. The zero-order valence-electron chi connectivity index (χ0n) is 11.3. The van der Waals surface area contributed by atoms with Crippen molar-refractivity contribution in [3.63, 3.8) is 0 Å². The summed E-state index contributed by atoms with van der Waals surface area (Å²) in [5.74, 6) is 0.693. The molecule has 0 spiro atoms. The van der Waals surface area contributed by atoms with Crippen LogP contribution in [0.3, 0.4) is 0 Å². The number of halogens is 1. The molecule has 0 unspecified atom stereocenters. The van der Waals surface area contributed by atoms with Gasteiger partial charge in [-0.25, -0.2) is 0 Å². The molecule has 2 aromatic rings. The van der Waals surface area contributed by atoms with Gasteiger partial charge in [-0.15, -0.1) is 0 Å². The van der Waals surface area contributed by atoms with Crippen molar-refractivity contribution in [3.8, 4) is 5.75 Å². The van der Waals surface area contributed by atoms with E-state index in [9.17, 15) is 4.79 Å². The molecule has 0 aliphatic carbocycles. The quantitative estimate of drug-likeness (QED) is 0.843. The largest absolute Gasteiger partial charge is 0.492 e. The average molecular weight is 290 g/mol. The number of rotatable bonds is 5. The van der Waals surface area contributed by atoms with Crippen LogP contribution < -0.4 is 4.74 Å². The van der Waals surface area contributed by atoms with Crippen LogP contribution in [0.2, 0.25) is 5.02 Å². The van der Waals surface area contributed by atoms with Crippen LogP contribution in [0.4, 0.5) is 0 Å².